The third kappa shape index (κ3) is 3.57. The van der Waals surface area contributed by atoms with E-state index in [1.54, 1.807) is 7.11 Å². The van der Waals surface area contributed by atoms with E-state index in [1.807, 2.05) is 17.0 Å². The first-order valence-electron chi connectivity index (χ1n) is 10.7. The van der Waals surface area contributed by atoms with Gasteiger partial charge in [0.25, 0.3) is 0 Å². The molecule has 3 nitrogen and oxygen atoms in total. The Bertz CT molecular complexity index is 1260. The minimum atomic E-state index is 0.0215. The Hall–Kier alpha value is -3.59. The van der Waals surface area contributed by atoms with Crippen LogP contribution in [-0.2, 0) is 11.3 Å². The maximum atomic E-state index is 13.4. The first-order chi connectivity index (χ1) is 15.1. The summed E-state index contributed by atoms with van der Waals surface area (Å²) in [7, 11) is 1.67. The van der Waals surface area contributed by atoms with Crippen LogP contribution in [0.15, 0.2) is 84.9 Å². The van der Waals surface area contributed by atoms with E-state index < -0.39 is 0 Å². The van der Waals surface area contributed by atoms with Gasteiger partial charge in [0.15, 0.2) is 0 Å². The van der Waals surface area contributed by atoms with Gasteiger partial charge in [-0.15, -0.1) is 0 Å². The van der Waals surface area contributed by atoms with Crippen molar-refractivity contribution in [2.75, 3.05) is 12.0 Å². The van der Waals surface area contributed by atoms with Gasteiger partial charge in [0, 0.05) is 18.0 Å². The summed E-state index contributed by atoms with van der Waals surface area (Å²) < 4.78 is 5.34. The van der Waals surface area contributed by atoms with E-state index in [1.165, 1.54) is 21.9 Å². The minimum absolute atomic E-state index is 0.0215. The monoisotopic (exact) mass is 407 g/mol. The molecule has 1 aliphatic rings. The smallest absolute Gasteiger partial charge is 0.228 e. The van der Waals surface area contributed by atoms with Gasteiger partial charge in [-0.1, -0.05) is 72.3 Å². The number of rotatable bonds is 4. The van der Waals surface area contributed by atoms with Crippen molar-refractivity contribution in [3.05, 3.63) is 107 Å². The molecule has 0 N–H and O–H groups in total. The highest BCUT2D eigenvalue weighted by Gasteiger charge is 2.33. The molecule has 0 radical (unpaired) electrons. The summed E-state index contributed by atoms with van der Waals surface area (Å²) in [6.45, 7) is 2.67. The van der Waals surface area contributed by atoms with E-state index in [0.717, 1.165) is 22.6 Å². The largest absolute Gasteiger partial charge is 0.497 e. The third-order valence-electron chi connectivity index (χ3n) is 6.21. The van der Waals surface area contributed by atoms with Gasteiger partial charge in [0.2, 0.25) is 5.91 Å². The van der Waals surface area contributed by atoms with Crippen LogP contribution in [0.2, 0.25) is 0 Å². The molecule has 4 aromatic rings. The van der Waals surface area contributed by atoms with Gasteiger partial charge in [-0.3, -0.25) is 4.79 Å². The zero-order chi connectivity index (χ0) is 21.4. The summed E-state index contributed by atoms with van der Waals surface area (Å²) >= 11 is 0. The number of anilines is 1. The van der Waals surface area contributed by atoms with E-state index in [0.29, 0.717) is 13.0 Å². The van der Waals surface area contributed by atoms with E-state index in [9.17, 15) is 4.79 Å². The van der Waals surface area contributed by atoms with Crippen LogP contribution in [0.5, 0.6) is 5.75 Å². The molecule has 0 saturated heterocycles. The van der Waals surface area contributed by atoms with Crippen molar-refractivity contribution in [2.45, 2.75) is 25.8 Å². The second-order valence-electron chi connectivity index (χ2n) is 8.22. The SMILES string of the molecule is COc1ccc(C2CC(=O)N(Cc3cccc(C)c3)c3ccc4ccccc4c32)cc1. The molecule has 1 heterocycles. The number of methoxy groups -OCH3 is 1. The summed E-state index contributed by atoms with van der Waals surface area (Å²) in [6.07, 6.45) is 0.457. The maximum absolute atomic E-state index is 13.4. The number of hydrogen-bond donors (Lipinski definition) is 0. The van der Waals surface area contributed by atoms with E-state index in [-0.39, 0.29) is 11.8 Å². The van der Waals surface area contributed by atoms with Gasteiger partial charge >= 0.3 is 0 Å². The molecule has 0 aliphatic carbocycles. The van der Waals surface area contributed by atoms with E-state index in [4.69, 9.17) is 4.74 Å². The van der Waals surface area contributed by atoms with E-state index >= 15 is 0 Å². The predicted molar refractivity (Wildman–Crippen MR) is 126 cm³/mol. The maximum Gasteiger partial charge on any atom is 0.228 e. The summed E-state index contributed by atoms with van der Waals surface area (Å²) in [6, 6.07) is 29.2. The molecule has 0 spiro atoms. The second kappa shape index (κ2) is 7.92. The highest BCUT2D eigenvalue weighted by atomic mass is 16.5. The quantitative estimate of drug-likeness (QED) is 0.402. The molecule has 31 heavy (non-hydrogen) atoms. The van der Waals surface area contributed by atoms with Crippen molar-refractivity contribution >= 4 is 22.4 Å². The summed E-state index contributed by atoms with van der Waals surface area (Å²) in [5.41, 5.74) is 5.74. The molecule has 5 rings (SSSR count). The van der Waals surface area contributed by atoms with Crippen LogP contribution < -0.4 is 9.64 Å². The zero-order valence-corrected chi connectivity index (χ0v) is 17.8. The van der Waals surface area contributed by atoms with Gasteiger partial charge < -0.3 is 9.64 Å². The summed E-state index contributed by atoms with van der Waals surface area (Å²) in [5, 5.41) is 2.41. The number of ether oxygens (including phenoxy) is 1. The van der Waals surface area contributed by atoms with Crippen LogP contribution in [-0.4, -0.2) is 13.0 Å². The average Bonchev–Trinajstić information content (AvgIpc) is 2.80. The van der Waals surface area contributed by atoms with Gasteiger partial charge in [0.05, 0.1) is 13.7 Å². The molecular formula is C28H25NO2. The van der Waals surface area contributed by atoms with Crippen molar-refractivity contribution in [1.29, 1.82) is 0 Å². The fourth-order valence-electron chi connectivity index (χ4n) is 4.69. The first kappa shape index (κ1) is 19.4. The Labute approximate surface area is 182 Å². The normalized spacial score (nSPS) is 15.7. The van der Waals surface area contributed by atoms with Crippen LogP contribution in [0.25, 0.3) is 10.8 Å². The van der Waals surface area contributed by atoms with Crippen molar-refractivity contribution in [3.63, 3.8) is 0 Å². The van der Waals surface area contributed by atoms with E-state index in [2.05, 4.69) is 79.7 Å². The number of carbonyl (C=O) groups excluding carboxylic acids is 1. The Kier molecular flexibility index (Phi) is 4.95. The molecule has 154 valence electrons. The van der Waals surface area contributed by atoms with Crippen LogP contribution in [0, 0.1) is 6.92 Å². The van der Waals surface area contributed by atoms with Gasteiger partial charge in [0.1, 0.15) is 5.75 Å². The number of fused-ring (bicyclic) bond motifs is 3. The number of aryl methyl sites for hydroxylation is 1. The van der Waals surface area contributed by atoms with Crippen molar-refractivity contribution in [2.24, 2.45) is 0 Å². The van der Waals surface area contributed by atoms with Crippen LogP contribution in [0.3, 0.4) is 0 Å². The Morgan fingerprint density at radius 3 is 2.52 bits per heavy atom. The molecule has 0 bridgehead atoms. The lowest BCUT2D eigenvalue weighted by Crippen LogP contribution is -2.36. The van der Waals surface area contributed by atoms with Gasteiger partial charge in [-0.2, -0.15) is 0 Å². The average molecular weight is 408 g/mol. The number of benzene rings is 4. The molecule has 1 atom stereocenters. The topological polar surface area (TPSA) is 29.5 Å². The fraction of sp³-hybridized carbons (Fsp3) is 0.179. The predicted octanol–water partition coefficient (Wildman–Crippen LogP) is 6.23. The number of carbonyl (C=O) groups is 1. The fourth-order valence-corrected chi connectivity index (χ4v) is 4.69. The summed E-state index contributed by atoms with van der Waals surface area (Å²) in [5.74, 6) is 1.00. The number of nitrogens with zero attached hydrogens (tertiary/aromatic N) is 1. The lowest BCUT2D eigenvalue weighted by atomic mass is 9.81. The van der Waals surface area contributed by atoms with Crippen molar-refractivity contribution < 1.29 is 9.53 Å². The molecule has 1 unspecified atom stereocenters. The Morgan fingerprint density at radius 2 is 1.74 bits per heavy atom. The van der Waals surface area contributed by atoms with Crippen molar-refractivity contribution in [1.82, 2.24) is 0 Å². The lowest BCUT2D eigenvalue weighted by molar-refractivity contribution is -0.119. The first-order valence-corrected chi connectivity index (χ1v) is 10.7. The molecule has 1 aliphatic heterocycles. The highest BCUT2D eigenvalue weighted by molar-refractivity contribution is 6.03. The highest BCUT2D eigenvalue weighted by Crippen LogP contribution is 2.44. The van der Waals surface area contributed by atoms with Gasteiger partial charge in [-0.25, -0.2) is 0 Å². The lowest BCUT2D eigenvalue weighted by Gasteiger charge is -2.35. The van der Waals surface area contributed by atoms with Crippen LogP contribution >= 0.6 is 0 Å². The number of amides is 1. The van der Waals surface area contributed by atoms with Crippen molar-refractivity contribution in [3.8, 4) is 5.75 Å². The van der Waals surface area contributed by atoms with Crippen LogP contribution in [0.4, 0.5) is 5.69 Å². The third-order valence-corrected chi connectivity index (χ3v) is 6.21. The molecule has 0 aromatic heterocycles. The standard InChI is InChI=1S/C28H25NO2/c1-19-6-5-7-20(16-19)18-29-26-15-12-21-8-3-4-9-24(21)28(26)25(17-27(29)30)22-10-13-23(31-2)14-11-22/h3-16,25H,17-18H2,1-2H3. The van der Waals surface area contributed by atoms with Crippen LogP contribution in [0.1, 0.15) is 34.6 Å². The number of hydrogen-bond acceptors (Lipinski definition) is 2. The molecule has 3 heteroatoms. The minimum Gasteiger partial charge on any atom is -0.497 e. The zero-order valence-electron chi connectivity index (χ0n) is 17.8. The summed E-state index contributed by atoms with van der Waals surface area (Å²) in [4.78, 5) is 15.3. The van der Waals surface area contributed by atoms with Gasteiger partial charge in [-0.05, 0) is 52.6 Å². The Balaban J connectivity index is 1.66. The molecule has 0 fully saturated rings. The second-order valence-corrected chi connectivity index (χ2v) is 8.22. The molecule has 0 saturated carbocycles. The molecular weight excluding hydrogens is 382 g/mol. The Morgan fingerprint density at radius 1 is 0.935 bits per heavy atom. The molecule has 1 amide bonds. The molecule has 4 aromatic carbocycles.